The lowest BCUT2D eigenvalue weighted by atomic mass is 9.89. The van der Waals surface area contributed by atoms with Crippen LogP contribution < -0.4 is 0 Å². The van der Waals surface area contributed by atoms with Gasteiger partial charge in [-0.3, -0.25) is 4.79 Å². The first-order chi connectivity index (χ1) is 12.5. The van der Waals surface area contributed by atoms with E-state index in [1.807, 2.05) is 67.6 Å². The van der Waals surface area contributed by atoms with E-state index in [2.05, 4.69) is 0 Å². The molecule has 1 amide bonds. The molecule has 1 saturated heterocycles. The van der Waals surface area contributed by atoms with Crippen LogP contribution in [0.1, 0.15) is 36.8 Å². The van der Waals surface area contributed by atoms with Crippen molar-refractivity contribution in [3.05, 3.63) is 71.8 Å². The van der Waals surface area contributed by atoms with Crippen molar-refractivity contribution >= 4 is 15.7 Å². The number of hydrogen-bond donors (Lipinski definition) is 0. The molecule has 1 atom stereocenters. The molecule has 0 bridgehead atoms. The Labute approximate surface area is 155 Å². The third kappa shape index (κ3) is 4.15. The Bertz CT molecular complexity index is 795. The fourth-order valence-corrected chi connectivity index (χ4v) is 5.40. The number of sulfone groups is 1. The molecule has 138 valence electrons. The van der Waals surface area contributed by atoms with Crippen LogP contribution in [0, 0.1) is 0 Å². The average molecular weight is 372 g/mol. The van der Waals surface area contributed by atoms with E-state index < -0.39 is 15.8 Å². The summed E-state index contributed by atoms with van der Waals surface area (Å²) >= 11 is 0. The monoisotopic (exact) mass is 371 g/mol. The maximum absolute atomic E-state index is 13.6. The van der Waals surface area contributed by atoms with E-state index in [0.717, 1.165) is 17.5 Å². The van der Waals surface area contributed by atoms with Gasteiger partial charge in [0.1, 0.15) is 0 Å². The van der Waals surface area contributed by atoms with Crippen LogP contribution in [0.2, 0.25) is 0 Å². The summed E-state index contributed by atoms with van der Waals surface area (Å²) in [5.74, 6) is -0.166. The Morgan fingerprint density at radius 3 is 2.00 bits per heavy atom. The molecule has 1 aliphatic heterocycles. The molecule has 2 aromatic carbocycles. The van der Waals surface area contributed by atoms with Gasteiger partial charge in [0.2, 0.25) is 5.91 Å². The minimum Gasteiger partial charge on any atom is -0.338 e. The summed E-state index contributed by atoms with van der Waals surface area (Å²) in [6.45, 7) is 2.60. The van der Waals surface area contributed by atoms with Crippen LogP contribution in [0.4, 0.5) is 0 Å². The highest BCUT2D eigenvalue weighted by molar-refractivity contribution is 7.91. The number of carbonyl (C=O) groups is 1. The molecular formula is C21H25NO3S. The largest absolute Gasteiger partial charge is 0.338 e. The van der Waals surface area contributed by atoms with Gasteiger partial charge in [0.15, 0.2) is 9.84 Å². The first kappa shape index (κ1) is 18.6. The average Bonchev–Trinajstić information content (AvgIpc) is 3.01. The van der Waals surface area contributed by atoms with E-state index in [0.29, 0.717) is 13.0 Å². The molecule has 3 rings (SSSR count). The fraction of sp³-hybridized carbons (Fsp3) is 0.381. The van der Waals surface area contributed by atoms with E-state index in [-0.39, 0.29) is 23.5 Å². The van der Waals surface area contributed by atoms with Gasteiger partial charge in [0.05, 0.1) is 17.4 Å². The molecule has 5 heteroatoms. The molecule has 0 spiro atoms. The Balaban J connectivity index is 1.97. The smallest absolute Gasteiger partial charge is 0.234 e. The normalized spacial score (nSPS) is 18.8. The zero-order valence-corrected chi connectivity index (χ0v) is 15.9. The molecule has 26 heavy (non-hydrogen) atoms. The van der Waals surface area contributed by atoms with E-state index in [1.54, 1.807) is 4.90 Å². The van der Waals surface area contributed by atoms with Crippen LogP contribution in [0.5, 0.6) is 0 Å². The summed E-state index contributed by atoms with van der Waals surface area (Å²) in [7, 11) is -3.04. The number of benzene rings is 2. The molecule has 0 unspecified atom stereocenters. The maximum atomic E-state index is 13.6. The topological polar surface area (TPSA) is 54.5 Å². The molecule has 1 heterocycles. The Morgan fingerprint density at radius 1 is 1.04 bits per heavy atom. The molecule has 4 nitrogen and oxygen atoms in total. The highest BCUT2D eigenvalue weighted by Gasteiger charge is 2.37. The van der Waals surface area contributed by atoms with Crippen molar-refractivity contribution in [3.63, 3.8) is 0 Å². The lowest BCUT2D eigenvalue weighted by Crippen LogP contribution is -2.44. The van der Waals surface area contributed by atoms with Crippen LogP contribution in [0.3, 0.4) is 0 Å². The third-order valence-electron chi connectivity index (χ3n) is 4.91. The number of rotatable bonds is 6. The fourth-order valence-electron chi connectivity index (χ4n) is 3.67. The molecule has 0 aliphatic carbocycles. The Hall–Kier alpha value is -2.14. The van der Waals surface area contributed by atoms with Crippen molar-refractivity contribution < 1.29 is 13.2 Å². The number of amides is 1. The second-order valence-corrected chi connectivity index (χ2v) is 9.07. The maximum Gasteiger partial charge on any atom is 0.234 e. The van der Waals surface area contributed by atoms with Gasteiger partial charge >= 0.3 is 0 Å². The number of nitrogens with zero attached hydrogens (tertiary/aromatic N) is 1. The first-order valence-electron chi connectivity index (χ1n) is 9.12. The zero-order chi connectivity index (χ0) is 18.6. The molecule has 1 fully saturated rings. The van der Waals surface area contributed by atoms with E-state index in [4.69, 9.17) is 0 Å². The summed E-state index contributed by atoms with van der Waals surface area (Å²) in [4.78, 5) is 15.4. The van der Waals surface area contributed by atoms with Crippen LogP contribution >= 0.6 is 0 Å². The quantitative estimate of drug-likeness (QED) is 0.783. The lowest BCUT2D eigenvalue weighted by Gasteiger charge is -2.32. The predicted molar refractivity (Wildman–Crippen MR) is 104 cm³/mol. The summed E-state index contributed by atoms with van der Waals surface area (Å²) in [6.07, 6.45) is 1.34. The van der Waals surface area contributed by atoms with Crippen molar-refractivity contribution in [1.82, 2.24) is 4.90 Å². The minimum atomic E-state index is -3.04. The van der Waals surface area contributed by atoms with E-state index >= 15 is 0 Å². The molecule has 1 aliphatic rings. The summed E-state index contributed by atoms with van der Waals surface area (Å²) in [5.41, 5.74) is 1.87. The van der Waals surface area contributed by atoms with Gasteiger partial charge in [-0.25, -0.2) is 8.42 Å². The molecule has 0 radical (unpaired) electrons. The Morgan fingerprint density at radius 2 is 1.58 bits per heavy atom. The van der Waals surface area contributed by atoms with Gasteiger partial charge in [-0.1, -0.05) is 67.6 Å². The third-order valence-corrected chi connectivity index (χ3v) is 6.66. The van der Waals surface area contributed by atoms with Crippen molar-refractivity contribution in [1.29, 1.82) is 0 Å². The van der Waals surface area contributed by atoms with Crippen molar-refractivity contribution in [2.24, 2.45) is 0 Å². The van der Waals surface area contributed by atoms with E-state index in [9.17, 15) is 13.2 Å². The van der Waals surface area contributed by atoms with Crippen LogP contribution in [-0.2, 0) is 14.6 Å². The highest BCUT2D eigenvalue weighted by atomic mass is 32.2. The second-order valence-electron chi connectivity index (χ2n) is 6.84. The van der Waals surface area contributed by atoms with Crippen molar-refractivity contribution in [2.75, 3.05) is 18.1 Å². The van der Waals surface area contributed by atoms with Crippen molar-refractivity contribution in [2.45, 2.75) is 31.7 Å². The van der Waals surface area contributed by atoms with Gasteiger partial charge < -0.3 is 4.90 Å². The van der Waals surface area contributed by atoms with Gasteiger partial charge in [-0.15, -0.1) is 0 Å². The molecule has 0 N–H and O–H groups in total. The van der Waals surface area contributed by atoms with Crippen LogP contribution in [-0.4, -0.2) is 43.3 Å². The summed E-state index contributed by atoms with van der Waals surface area (Å²) < 4.78 is 23.9. The highest BCUT2D eigenvalue weighted by Crippen LogP contribution is 2.29. The summed E-state index contributed by atoms with van der Waals surface area (Å²) in [6, 6.07) is 19.2. The molecule has 0 aromatic heterocycles. The first-order valence-corrected chi connectivity index (χ1v) is 10.9. The van der Waals surface area contributed by atoms with Gasteiger partial charge in [0.25, 0.3) is 0 Å². The number of carbonyl (C=O) groups excluding carboxylic acids is 1. The van der Waals surface area contributed by atoms with Gasteiger partial charge in [-0.05, 0) is 24.0 Å². The van der Waals surface area contributed by atoms with Crippen molar-refractivity contribution in [3.8, 4) is 0 Å². The molecule has 2 aromatic rings. The second kappa shape index (κ2) is 8.04. The Kier molecular flexibility index (Phi) is 5.77. The van der Waals surface area contributed by atoms with E-state index in [1.165, 1.54) is 0 Å². The molecule has 0 saturated carbocycles. The zero-order valence-electron chi connectivity index (χ0n) is 15.0. The van der Waals surface area contributed by atoms with Gasteiger partial charge in [0, 0.05) is 12.6 Å². The molecular weight excluding hydrogens is 346 g/mol. The predicted octanol–water partition coefficient (Wildman–Crippen LogP) is 3.24. The summed E-state index contributed by atoms with van der Waals surface area (Å²) in [5, 5.41) is 0. The SMILES string of the molecule is CCCN(C(=O)C(c1ccccc1)c1ccccc1)[C@@H]1CCS(=O)(=O)C1. The van der Waals surface area contributed by atoms with Crippen LogP contribution in [0.15, 0.2) is 60.7 Å². The minimum absolute atomic E-state index is 0.00801. The lowest BCUT2D eigenvalue weighted by molar-refractivity contribution is -0.133. The van der Waals surface area contributed by atoms with Crippen LogP contribution in [0.25, 0.3) is 0 Å². The standard InChI is InChI=1S/C21H25NO3S/c1-2-14-22(19-13-15-26(24,25)16-19)21(23)20(17-9-5-3-6-10-17)18-11-7-4-8-12-18/h3-12,19-20H,2,13-16H2,1H3/t19-/m1/s1. The number of hydrogen-bond acceptors (Lipinski definition) is 3. The van der Waals surface area contributed by atoms with Gasteiger partial charge in [-0.2, -0.15) is 0 Å².